The van der Waals surface area contributed by atoms with Gasteiger partial charge in [-0.2, -0.15) is 0 Å². The van der Waals surface area contributed by atoms with Crippen LogP contribution in [0.1, 0.15) is 11.6 Å². The zero-order valence-electron chi connectivity index (χ0n) is 10.4. The molecule has 2 aliphatic heterocycles. The van der Waals surface area contributed by atoms with Crippen molar-refractivity contribution in [3.63, 3.8) is 0 Å². The number of hydrogen-bond donors (Lipinski definition) is 0. The SMILES string of the molecule is COC(=O)N1[C@@H](c2ccccc2)[C@]12OCCOC2=O. The van der Waals surface area contributed by atoms with E-state index in [1.807, 2.05) is 30.3 Å². The molecule has 0 saturated carbocycles. The molecule has 1 aromatic carbocycles. The second kappa shape index (κ2) is 4.24. The van der Waals surface area contributed by atoms with E-state index >= 15 is 0 Å². The molecule has 1 spiro atoms. The molecule has 2 fully saturated rings. The van der Waals surface area contributed by atoms with Crippen LogP contribution >= 0.6 is 0 Å². The summed E-state index contributed by atoms with van der Waals surface area (Å²) in [5.74, 6) is -0.544. The molecular weight excluding hydrogens is 250 g/mol. The van der Waals surface area contributed by atoms with Crippen LogP contribution in [0.2, 0.25) is 0 Å². The van der Waals surface area contributed by atoms with Crippen molar-refractivity contribution < 1.29 is 23.8 Å². The van der Waals surface area contributed by atoms with Gasteiger partial charge < -0.3 is 14.2 Å². The Kier molecular flexibility index (Phi) is 2.67. The number of hydrogen-bond acceptors (Lipinski definition) is 5. The van der Waals surface area contributed by atoms with E-state index in [1.165, 1.54) is 12.0 Å². The Morgan fingerprint density at radius 2 is 2.11 bits per heavy atom. The van der Waals surface area contributed by atoms with Gasteiger partial charge in [-0.3, -0.25) is 4.90 Å². The minimum Gasteiger partial charge on any atom is -0.460 e. The van der Waals surface area contributed by atoms with E-state index in [2.05, 4.69) is 0 Å². The number of nitrogens with zero attached hydrogens (tertiary/aromatic N) is 1. The lowest BCUT2D eigenvalue weighted by Crippen LogP contribution is -2.42. The highest BCUT2D eigenvalue weighted by Gasteiger charge is 2.75. The van der Waals surface area contributed by atoms with Gasteiger partial charge in [-0.05, 0) is 5.56 Å². The van der Waals surface area contributed by atoms with E-state index in [9.17, 15) is 9.59 Å². The number of methoxy groups -OCH3 is 1. The van der Waals surface area contributed by atoms with Gasteiger partial charge in [0, 0.05) is 0 Å². The summed E-state index contributed by atoms with van der Waals surface area (Å²) in [5, 5.41) is 0. The van der Waals surface area contributed by atoms with Crippen molar-refractivity contribution in [2.75, 3.05) is 20.3 Å². The Morgan fingerprint density at radius 3 is 2.74 bits per heavy atom. The van der Waals surface area contributed by atoms with Gasteiger partial charge in [-0.25, -0.2) is 9.59 Å². The normalized spacial score (nSPS) is 29.0. The Hall–Kier alpha value is -2.08. The lowest BCUT2D eigenvalue weighted by Gasteiger charge is -2.21. The van der Waals surface area contributed by atoms with E-state index in [-0.39, 0.29) is 13.2 Å². The molecule has 6 nitrogen and oxygen atoms in total. The zero-order chi connectivity index (χ0) is 13.5. The quantitative estimate of drug-likeness (QED) is 0.560. The van der Waals surface area contributed by atoms with Crippen molar-refractivity contribution in [3.05, 3.63) is 35.9 Å². The number of carbonyl (C=O) groups excluding carboxylic acids is 2. The summed E-state index contributed by atoms with van der Waals surface area (Å²) in [7, 11) is 1.27. The molecule has 2 heterocycles. The number of amides is 1. The van der Waals surface area contributed by atoms with Crippen molar-refractivity contribution in [2.45, 2.75) is 11.8 Å². The molecule has 0 unspecified atom stereocenters. The molecule has 2 saturated heterocycles. The maximum Gasteiger partial charge on any atom is 0.413 e. The van der Waals surface area contributed by atoms with Crippen LogP contribution in [0.3, 0.4) is 0 Å². The first-order valence-electron chi connectivity index (χ1n) is 5.95. The van der Waals surface area contributed by atoms with Crippen molar-refractivity contribution in [2.24, 2.45) is 0 Å². The predicted octanol–water partition coefficient (Wildman–Crippen LogP) is 1.08. The minimum absolute atomic E-state index is 0.205. The van der Waals surface area contributed by atoms with Crippen LogP contribution in [-0.4, -0.2) is 43.0 Å². The van der Waals surface area contributed by atoms with Crippen LogP contribution in [0.5, 0.6) is 0 Å². The molecule has 1 amide bonds. The fourth-order valence-electron chi connectivity index (χ4n) is 2.48. The first-order chi connectivity index (χ1) is 9.21. The van der Waals surface area contributed by atoms with Gasteiger partial charge in [-0.15, -0.1) is 0 Å². The van der Waals surface area contributed by atoms with Crippen LogP contribution in [0.25, 0.3) is 0 Å². The highest BCUT2D eigenvalue weighted by atomic mass is 16.7. The maximum absolute atomic E-state index is 12.0. The topological polar surface area (TPSA) is 64.8 Å². The van der Waals surface area contributed by atoms with Crippen LogP contribution < -0.4 is 0 Å². The van der Waals surface area contributed by atoms with Gasteiger partial charge in [-0.1, -0.05) is 30.3 Å². The molecular formula is C13H13NO5. The summed E-state index contributed by atoms with van der Waals surface area (Å²) >= 11 is 0. The first-order valence-corrected chi connectivity index (χ1v) is 5.95. The lowest BCUT2D eigenvalue weighted by atomic mass is 10.1. The van der Waals surface area contributed by atoms with E-state index in [1.54, 1.807) is 0 Å². The van der Waals surface area contributed by atoms with Gasteiger partial charge in [0.05, 0.1) is 13.7 Å². The van der Waals surface area contributed by atoms with Crippen molar-refractivity contribution >= 4 is 12.1 Å². The fourth-order valence-corrected chi connectivity index (χ4v) is 2.48. The molecule has 0 N–H and O–H groups in total. The first kappa shape index (κ1) is 12.0. The Balaban J connectivity index is 1.98. The summed E-state index contributed by atoms with van der Waals surface area (Å²) in [6, 6.07) is 8.71. The highest BCUT2D eigenvalue weighted by molar-refractivity contribution is 5.92. The van der Waals surface area contributed by atoms with Crippen LogP contribution in [0.15, 0.2) is 30.3 Å². The molecule has 6 heteroatoms. The second-order valence-electron chi connectivity index (χ2n) is 4.33. The Morgan fingerprint density at radius 1 is 1.37 bits per heavy atom. The monoisotopic (exact) mass is 263 g/mol. The number of carbonyl (C=O) groups is 2. The molecule has 19 heavy (non-hydrogen) atoms. The van der Waals surface area contributed by atoms with Gasteiger partial charge in [0.25, 0.3) is 5.72 Å². The fraction of sp³-hybridized carbons (Fsp3) is 0.385. The molecule has 100 valence electrons. The van der Waals surface area contributed by atoms with Crippen molar-refractivity contribution in [1.29, 1.82) is 0 Å². The molecule has 0 aromatic heterocycles. The van der Waals surface area contributed by atoms with Crippen LogP contribution in [0, 0.1) is 0 Å². The number of cyclic esters (lactones) is 1. The average Bonchev–Trinajstić information content (AvgIpc) is 3.12. The third-order valence-electron chi connectivity index (χ3n) is 3.34. The summed E-state index contributed by atoms with van der Waals surface area (Å²) in [4.78, 5) is 25.1. The van der Waals surface area contributed by atoms with E-state index in [0.29, 0.717) is 0 Å². The standard InChI is InChI=1S/C13H13NO5/c1-17-12(16)14-10(9-5-3-2-4-6-9)13(14)11(15)18-7-8-19-13/h2-6,10H,7-8H2,1H3/t10-,13+,14?/m0/s1. The molecule has 2 aliphatic rings. The third-order valence-corrected chi connectivity index (χ3v) is 3.34. The molecule has 0 bridgehead atoms. The third kappa shape index (κ3) is 1.60. The minimum atomic E-state index is -1.35. The molecule has 0 radical (unpaired) electrons. The summed E-state index contributed by atoms with van der Waals surface area (Å²) in [6.07, 6.45) is -0.604. The number of rotatable bonds is 1. The summed E-state index contributed by atoms with van der Waals surface area (Å²) < 4.78 is 15.3. The number of ether oxygens (including phenoxy) is 3. The number of benzene rings is 1. The van der Waals surface area contributed by atoms with Gasteiger partial charge >= 0.3 is 12.1 Å². The van der Waals surface area contributed by atoms with E-state index in [4.69, 9.17) is 14.2 Å². The van der Waals surface area contributed by atoms with Gasteiger partial charge in [0.1, 0.15) is 12.6 Å². The summed E-state index contributed by atoms with van der Waals surface area (Å²) in [6.45, 7) is 0.472. The highest BCUT2D eigenvalue weighted by Crippen LogP contribution is 2.56. The average molecular weight is 263 g/mol. The molecule has 2 atom stereocenters. The van der Waals surface area contributed by atoms with Crippen molar-refractivity contribution in [1.82, 2.24) is 4.90 Å². The summed E-state index contributed by atoms with van der Waals surface area (Å²) in [5.41, 5.74) is -0.543. The largest absolute Gasteiger partial charge is 0.460 e. The van der Waals surface area contributed by atoms with E-state index < -0.39 is 23.8 Å². The molecule has 0 aliphatic carbocycles. The maximum atomic E-state index is 12.0. The Labute approximate surface area is 109 Å². The number of esters is 1. The lowest BCUT2D eigenvalue weighted by molar-refractivity contribution is -0.181. The van der Waals surface area contributed by atoms with Crippen LogP contribution in [-0.2, 0) is 19.0 Å². The molecule has 1 aromatic rings. The van der Waals surface area contributed by atoms with Gasteiger partial charge in [0.2, 0.25) is 0 Å². The van der Waals surface area contributed by atoms with Gasteiger partial charge in [0.15, 0.2) is 0 Å². The molecule has 3 rings (SSSR count). The predicted molar refractivity (Wildman–Crippen MR) is 63.1 cm³/mol. The second-order valence-corrected chi connectivity index (χ2v) is 4.33. The van der Waals surface area contributed by atoms with Crippen LogP contribution in [0.4, 0.5) is 4.79 Å². The van der Waals surface area contributed by atoms with Crippen molar-refractivity contribution in [3.8, 4) is 0 Å². The smallest absolute Gasteiger partial charge is 0.413 e. The zero-order valence-corrected chi connectivity index (χ0v) is 10.4. The Bertz CT molecular complexity index is 517. The van der Waals surface area contributed by atoms with E-state index in [0.717, 1.165) is 5.56 Å².